The van der Waals surface area contributed by atoms with Crippen LogP contribution >= 0.6 is 0 Å². The van der Waals surface area contributed by atoms with Crippen molar-refractivity contribution in [3.63, 3.8) is 0 Å². The van der Waals surface area contributed by atoms with E-state index in [1.807, 2.05) is 0 Å². The third-order valence-corrected chi connectivity index (χ3v) is 13.2. The van der Waals surface area contributed by atoms with Crippen LogP contribution < -0.4 is 0 Å². The zero-order valence-corrected chi connectivity index (χ0v) is 45.2. The minimum atomic E-state index is -4.72. The van der Waals surface area contributed by atoms with Crippen molar-refractivity contribution in [3.8, 4) is 0 Å². The van der Waals surface area contributed by atoms with E-state index >= 15 is 0 Å². The number of unbranched alkanes of at least 4 members (excludes halogenated alkanes) is 20. The van der Waals surface area contributed by atoms with E-state index in [0.29, 0.717) is 25.7 Å². The van der Waals surface area contributed by atoms with Gasteiger partial charge in [0.25, 0.3) is 0 Å². The molecule has 10 atom stereocenters. The van der Waals surface area contributed by atoms with Crippen molar-refractivity contribution in [2.45, 2.75) is 242 Å². The van der Waals surface area contributed by atoms with Crippen LogP contribution in [0.15, 0.2) is 0 Å². The molecule has 0 amide bonds. The van der Waals surface area contributed by atoms with Crippen molar-refractivity contribution in [1.29, 1.82) is 0 Å². The Morgan fingerprint density at radius 2 is 0.696 bits per heavy atom. The first kappa shape index (κ1) is 68.6. The molecule has 2 fully saturated rings. The first-order valence-electron chi connectivity index (χ1n) is 25.1. The van der Waals surface area contributed by atoms with Crippen molar-refractivity contribution in [3.05, 3.63) is 0 Å². The summed E-state index contributed by atoms with van der Waals surface area (Å²) in [5.74, 6) is -2.70. The molecule has 0 spiro atoms. The Bertz CT molecular complexity index is 1400. The van der Waals surface area contributed by atoms with Gasteiger partial charge in [-0.05, 0) is 12.8 Å². The van der Waals surface area contributed by atoms with Gasteiger partial charge < -0.3 is 68.2 Å². The van der Waals surface area contributed by atoms with Gasteiger partial charge in [0.15, 0.2) is 12.6 Å². The second-order valence-electron chi connectivity index (χ2n) is 17.9. The maximum absolute atomic E-state index is 11.8. The van der Waals surface area contributed by atoms with Gasteiger partial charge in [0, 0.05) is 25.7 Å². The number of carbonyl (C=O) groups excluding carboxylic acids is 2. The molecule has 2 rings (SSSR count). The van der Waals surface area contributed by atoms with E-state index in [1.54, 1.807) is 0 Å². The summed E-state index contributed by atoms with van der Waals surface area (Å²) in [7, 11) is -9.44. The summed E-state index contributed by atoms with van der Waals surface area (Å²) in [5, 5.41) is 59.1. The van der Waals surface area contributed by atoms with Crippen LogP contribution in [0.2, 0.25) is 0 Å². The van der Waals surface area contributed by atoms with Crippen molar-refractivity contribution in [2.75, 3.05) is 37.9 Å². The quantitative estimate of drug-likeness (QED) is 0.0223. The standard InChI is InChI=1S/2C23H44O10S.Ca/c2*1-2-3-4-5-6-7-8-9-10-11-12-14-19(24)31-15-13-16-32-23-22(27)21(26)20(25)18(33-23)17-34(28,29)30;/h2*18,20-23,25-27H,2-17H2,1H3,(H,28,29,30);/q;;+2/p-2/t2*18-,20-,21+,22-,23+;/m11./s1. The van der Waals surface area contributed by atoms with Crippen LogP contribution in [-0.4, -0.2) is 206 Å². The smallest absolute Gasteiger partial charge is 0.748 e. The van der Waals surface area contributed by atoms with Gasteiger partial charge in [0.2, 0.25) is 0 Å². The van der Waals surface area contributed by atoms with Crippen LogP contribution in [-0.2, 0) is 58.2 Å². The summed E-state index contributed by atoms with van der Waals surface area (Å²) >= 11 is 0. The molecule has 0 aromatic carbocycles. The van der Waals surface area contributed by atoms with E-state index in [4.69, 9.17) is 28.4 Å². The number of carbonyl (C=O) groups is 2. The molecule has 6 N–H and O–H groups in total. The Hall–Kier alpha value is -0.380. The Balaban J connectivity index is 0.00000132. The molecule has 2 aliphatic heterocycles. The summed E-state index contributed by atoms with van der Waals surface area (Å²) in [5.41, 5.74) is 0. The van der Waals surface area contributed by atoms with Crippen molar-refractivity contribution >= 4 is 69.9 Å². The third kappa shape index (κ3) is 34.7. The molecule has 2 aliphatic rings. The molecule has 23 heteroatoms. The average Bonchev–Trinajstić information content (AvgIpc) is 3.27. The van der Waals surface area contributed by atoms with Gasteiger partial charge in [-0.25, -0.2) is 16.8 Å². The fraction of sp³-hybridized carbons (Fsp3) is 0.957. The first-order valence-corrected chi connectivity index (χ1v) is 28.3. The first-order chi connectivity index (χ1) is 32.3. The van der Waals surface area contributed by atoms with Gasteiger partial charge in [-0.15, -0.1) is 0 Å². The van der Waals surface area contributed by atoms with Crippen molar-refractivity contribution in [2.24, 2.45) is 0 Å². The Kier molecular flexibility index (Phi) is 40.7. The number of ether oxygens (including phenoxy) is 6. The monoisotopic (exact) mass is 1060 g/mol. The molecule has 0 radical (unpaired) electrons. The largest absolute Gasteiger partial charge is 2.00 e. The van der Waals surface area contributed by atoms with Crippen molar-refractivity contribution in [1.82, 2.24) is 0 Å². The molecule has 0 aromatic rings. The van der Waals surface area contributed by atoms with Crippen LogP contribution in [0.3, 0.4) is 0 Å². The van der Waals surface area contributed by atoms with E-state index in [9.17, 15) is 66.2 Å². The van der Waals surface area contributed by atoms with E-state index in [1.165, 1.54) is 103 Å². The zero-order chi connectivity index (χ0) is 50.8. The summed E-state index contributed by atoms with van der Waals surface area (Å²) in [6.45, 7) is 4.63. The fourth-order valence-corrected chi connectivity index (χ4v) is 9.04. The van der Waals surface area contributed by atoms with Gasteiger partial charge in [0.05, 0.1) is 58.2 Å². The number of rotatable bonds is 38. The summed E-state index contributed by atoms with van der Waals surface area (Å²) < 4.78 is 96.6. The van der Waals surface area contributed by atoms with Gasteiger partial charge >= 0.3 is 49.7 Å². The normalized spacial score (nSPS) is 25.0. The maximum atomic E-state index is 11.8. The Labute approximate surface area is 441 Å². The number of hydrogen-bond acceptors (Lipinski definition) is 20. The van der Waals surface area contributed by atoms with E-state index < -0.39 is 93.2 Å². The van der Waals surface area contributed by atoms with Crippen molar-refractivity contribution < 1.29 is 94.6 Å². The molecule has 2 heterocycles. The van der Waals surface area contributed by atoms with Gasteiger partial charge in [-0.3, -0.25) is 9.59 Å². The van der Waals surface area contributed by atoms with Gasteiger partial charge in [-0.1, -0.05) is 142 Å². The second-order valence-corrected chi connectivity index (χ2v) is 20.8. The molecule has 20 nitrogen and oxygen atoms in total. The second kappa shape index (κ2) is 40.9. The fourth-order valence-electron chi connectivity index (χ4n) is 7.69. The van der Waals surface area contributed by atoms with E-state index in [-0.39, 0.29) is 76.1 Å². The average molecular weight is 1060 g/mol. The van der Waals surface area contributed by atoms with Gasteiger partial charge in [-0.2, -0.15) is 0 Å². The number of aliphatic hydroxyl groups is 6. The van der Waals surface area contributed by atoms with E-state index in [0.717, 1.165) is 38.5 Å². The van der Waals surface area contributed by atoms with Crippen LogP contribution in [0.4, 0.5) is 0 Å². The third-order valence-electron chi connectivity index (χ3n) is 11.7. The maximum Gasteiger partial charge on any atom is 2.00 e. The Morgan fingerprint density at radius 1 is 0.420 bits per heavy atom. The Morgan fingerprint density at radius 3 is 0.971 bits per heavy atom. The summed E-state index contributed by atoms with van der Waals surface area (Å²) in [6, 6.07) is 0. The predicted molar refractivity (Wildman–Crippen MR) is 253 cm³/mol. The molecule has 69 heavy (non-hydrogen) atoms. The SMILES string of the molecule is CCCCCCCCCCCCCC(=O)OCCCO[C@H]1O[C@H](CS(=O)(=O)[O-])[C@@H](O)[C@H](O)[C@H]1O.CCCCCCCCCCCCCC(=O)OCCCO[C@H]1O[C@H](CS(=O)(=O)[O-])[C@@H](O)[C@H](O)[C@H]1O.[Ca+2]. The zero-order valence-electron chi connectivity index (χ0n) is 41.3. The molecule has 0 saturated carbocycles. The van der Waals surface area contributed by atoms with Gasteiger partial charge in [0.1, 0.15) is 48.8 Å². The predicted octanol–water partition coefficient (Wildman–Crippen LogP) is 3.60. The summed E-state index contributed by atoms with van der Waals surface area (Å²) in [6.07, 6.45) is 11.7. The van der Waals surface area contributed by atoms with Crippen LogP contribution in [0.1, 0.15) is 181 Å². The minimum Gasteiger partial charge on any atom is -0.748 e. The molecular formula is C46H86CaO20S2. The molecular weight excluding hydrogens is 977 g/mol. The van der Waals surface area contributed by atoms with Crippen LogP contribution in [0.5, 0.6) is 0 Å². The van der Waals surface area contributed by atoms with Crippen LogP contribution in [0.25, 0.3) is 0 Å². The molecule has 2 saturated heterocycles. The number of aliphatic hydroxyl groups excluding tert-OH is 6. The minimum absolute atomic E-state index is 0. The molecule has 0 unspecified atom stereocenters. The number of hydrogen-bond donors (Lipinski definition) is 6. The molecule has 404 valence electrons. The molecule has 0 bridgehead atoms. The summed E-state index contributed by atoms with van der Waals surface area (Å²) in [4.78, 5) is 23.6. The molecule has 0 aliphatic carbocycles. The molecule has 0 aromatic heterocycles. The number of esters is 2. The topological polar surface area (TPSA) is 325 Å². The van der Waals surface area contributed by atoms with Crippen LogP contribution in [0, 0.1) is 0 Å². The van der Waals surface area contributed by atoms with E-state index in [2.05, 4.69) is 13.8 Å².